The molecule has 1 aliphatic heterocycles. The van der Waals surface area contributed by atoms with Gasteiger partial charge in [0.25, 0.3) is 5.91 Å². The van der Waals surface area contributed by atoms with Crippen molar-refractivity contribution in [3.8, 4) is 5.75 Å². The number of ether oxygens (including phenoxy) is 1. The average Bonchev–Trinajstić information content (AvgIpc) is 2.85. The summed E-state index contributed by atoms with van der Waals surface area (Å²) in [6.07, 6.45) is 1.82. The predicted octanol–water partition coefficient (Wildman–Crippen LogP) is 5.49. The topological polar surface area (TPSA) is 58.6 Å². The summed E-state index contributed by atoms with van der Waals surface area (Å²) in [5.41, 5.74) is 3.17. The second kappa shape index (κ2) is 8.77. The molecule has 3 heterocycles. The molecule has 8 heteroatoms. The molecule has 0 N–H and O–H groups in total. The molecule has 160 valence electrons. The van der Waals surface area contributed by atoms with E-state index < -0.39 is 0 Å². The van der Waals surface area contributed by atoms with Crippen molar-refractivity contribution in [1.82, 2.24) is 9.97 Å². The number of pyridine rings is 2. The number of methoxy groups -OCH3 is 1. The highest BCUT2D eigenvalue weighted by Crippen LogP contribution is 2.41. The Kier molecular flexibility index (Phi) is 6.07. The number of rotatable bonds is 5. The first-order valence-corrected chi connectivity index (χ1v) is 11.3. The molecule has 1 aromatic carbocycles. The van der Waals surface area contributed by atoms with E-state index >= 15 is 0 Å². The fourth-order valence-electron chi connectivity index (χ4n) is 3.70. The van der Waals surface area contributed by atoms with E-state index in [9.17, 15) is 4.79 Å². The molecule has 31 heavy (non-hydrogen) atoms. The van der Waals surface area contributed by atoms with Gasteiger partial charge in [-0.15, -0.1) is 11.8 Å². The zero-order valence-electron chi connectivity index (χ0n) is 17.8. The van der Waals surface area contributed by atoms with E-state index in [1.165, 1.54) is 0 Å². The lowest BCUT2D eigenvalue weighted by molar-refractivity contribution is 0.0994. The second-order valence-electron chi connectivity index (χ2n) is 7.22. The molecule has 0 radical (unpaired) electrons. The third kappa shape index (κ3) is 4.07. The number of fused-ring (bicyclic) bond motifs is 2. The van der Waals surface area contributed by atoms with Gasteiger partial charge in [0.1, 0.15) is 16.7 Å². The zero-order valence-corrected chi connectivity index (χ0v) is 19.4. The fraction of sp³-hybridized carbons (Fsp3) is 0.261. The van der Waals surface area contributed by atoms with Crippen molar-refractivity contribution in [2.75, 3.05) is 30.5 Å². The standard InChI is InChI=1S/C23H23ClN4O2S/c1-5-28-21-18(23(29)27(3)20-14(2)9-19(24)26-22(20)28)10-15(12-25-21)13-31-17-8-6-7-16(11-17)30-4/h6-12H,5,13H2,1-4H3. The summed E-state index contributed by atoms with van der Waals surface area (Å²) in [5.74, 6) is 2.64. The molecule has 0 saturated heterocycles. The largest absolute Gasteiger partial charge is 0.497 e. The Hall–Kier alpha value is -2.77. The molecule has 0 fully saturated rings. The van der Waals surface area contributed by atoms with Crippen molar-refractivity contribution in [3.63, 3.8) is 0 Å². The average molecular weight is 455 g/mol. The van der Waals surface area contributed by atoms with Gasteiger partial charge in [0.15, 0.2) is 5.82 Å². The van der Waals surface area contributed by atoms with Crippen molar-refractivity contribution in [1.29, 1.82) is 0 Å². The van der Waals surface area contributed by atoms with Crippen LogP contribution in [0.1, 0.15) is 28.4 Å². The number of hydrogen-bond donors (Lipinski definition) is 0. The predicted molar refractivity (Wildman–Crippen MR) is 126 cm³/mol. The molecule has 0 atom stereocenters. The van der Waals surface area contributed by atoms with Gasteiger partial charge in [0, 0.05) is 30.4 Å². The highest BCUT2D eigenvalue weighted by molar-refractivity contribution is 7.98. The Balaban J connectivity index is 1.71. The van der Waals surface area contributed by atoms with E-state index in [1.54, 1.807) is 36.9 Å². The highest BCUT2D eigenvalue weighted by Gasteiger charge is 2.32. The number of halogens is 1. The van der Waals surface area contributed by atoms with Crippen LogP contribution in [-0.4, -0.2) is 36.6 Å². The molecule has 3 aromatic rings. The lowest BCUT2D eigenvalue weighted by Crippen LogP contribution is -2.26. The number of anilines is 3. The van der Waals surface area contributed by atoms with Crippen molar-refractivity contribution in [2.24, 2.45) is 0 Å². The minimum atomic E-state index is -0.111. The maximum atomic E-state index is 13.4. The monoisotopic (exact) mass is 454 g/mol. The van der Waals surface area contributed by atoms with Crippen LogP contribution in [0.5, 0.6) is 5.75 Å². The quantitative estimate of drug-likeness (QED) is 0.375. The Morgan fingerprint density at radius 2 is 2.00 bits per heavy atom. The Morgan fingerprint density at radius 3 is 2.74 bits per heavy atom. The normalized spacial score (nSPS) is 13.0. The molecule has 2 aromatic heterocycles. The number of carbonyl (C=O) groups is 1. The van der Waals surface area contributed by atoms with Crippen LogP contribution in [0.4, 0.5) is 17.3 Å². The van der Waals surface area contributed by atoms with Crippen molar-refractivity contribution >= 4 is 46.6 Å². The van der Waals surface area contributed by atoms with Crippen LogP contribution < -0.4 is 14.5 Å². The highest BCUT2D eigenvalue weighted by atomic mass is 35.5. The Morgan fingerprint density at radius 1 is 1.19 bits per heavy atom. The first-order chi connectivity index (χ1) is 14.9. The Labute approximate surface area is 191 Å². The second-order valence-corrected chi connectivity index (χ2v) is 8.66. The molecular formula is C23H23ClN4O2S. The zero-order chi connectivity index (χ0) is 22.1. The SMILES string of the molecule is CCN1c2ncc(CSc3cccc(OC)c3)cc2C(=O)N(C)c2c(C)cc(Cl)nc21. The molecule has 1 amide bonds. The minimum absolute atomic E-state index is 0.111. The number of nitrogens with zero attached hydrogens (tertiary/aromatic N) is 4. The first-order valence-electron chi connectivity index (χ1n) is 9.91. The molecule has 0 bridgehead atoms. The Bertz CT molecular complexity index is 1150. The number of thioether (sulfide) groups is 1. The van der Waals surface area contributed by atoms with Crippen LogP contribution >= 0.6 is 23.4 Å². The number of benzene rings is 1. The van der Waals surface area contributed by atoms with Gasteiger partial charge in [-0.05, 0) is 55.3 Å². The molecular weight excluding hydrogens is 432 g/mol. The maximum Gasteiger partial charge on any atom is 0.261 e. The molecule has 0 aliphatic carbocycles. The summed E-state index contributed by atoms with van der Waals surface area (Å²) in [7, 11) is 3.42. The van der Waals surface area contributed by atoms with Gasteiger partial charge in [0.05, 0.1) is 18.4 Å². The van der Waals surface area contributed by atoms with Crippen LogP contribution in [0.3, 0.4) is 0 Å². The maximum absolute atomic E-state index is 13.4. The third-order valence-electron chi connectivity index (χ3n) is 5.20. The summed E-state index contributed by atoms with van der Waals surface area (Å²) < 4.78 is 5.30. The number of aromatic nitrogens is 2. The number of hydrogen-bond acceptors (Lipinski definition) is 6. The van der Waals surface area contributed by atoms with Gasteiger partial charge in [-0.1, -0.05) is 17.7 Å². The lowest BCUT2D eigenvalue weighted by Gasteiger charge is -2.24. The van der Waals surface area contributed by atoms with Crippen molar-refractivity contribution in [3.05, 3.63) is 64.4 Å². The van der Waals surface area contributed by atoms with Crippen LogP contribution in [0.25, 0.3) is 0 Å². The summed E-state index contributed by atoms with van der Waals surface area (Å²) in [5, 5.41) is 0.394. The van der Waals surface area contributed by atoms with Crippen LogP contribution in [-0.2, 0) is 5.75 Å². The van der Waals surface area contributed by atoms with Gasteiger partial charge < -0.3 is 14.5 Å². The summed E-state index contributed by atoms with van der Waals surface area (Å²) in [6.45, 7) is 4.55. The van der Waals surface area contributed by atoms with Crippen LogP contribution in [0, 0.1) is 6.92 Å². The molecule has 6 nitrogen and oxygen atoms in total. The molecule has 4 rings (SSSR count). The van der Waals surface area contributed by atoms with Gasteiger partial charge >= 0.3 is 0 Å². The van der Waals surface area contributed by atoms with E-state index in [4.69, 9.17) is 16.3 Å². The molecule has 0 spiro atoms. The van der Waals surface area contributed by atoms with Gasteiger partial charge in [-0.25, -0.2) is 9.97 Å². The fourth-order valence-corrected chi connectivity index (χ4v) is 4.81. The van der Waals surface area contributed by atoms with Crippen molar-refractivity contribution < 1.29 is 9.53 Å². The van der Waals surface area contributed by atoms with Gasteiger partial charge in [-0.3, -0.25) is 4.79 Å². The van der Waals surface area contributed by atoms with E-state index in [-0.39, 0.29) is 5.91 Å². The first kappa shape index (κ1) is 21.5. The molecule has 0 saturated carbocycles. The van der Waals surface area contributed by atoms with E-state index in [0.29, 0.717) is 34.6 Å². The lowest BCUT2D eigenvalue weighted by atomic mass is 10.1. The number of amides is 1. The van der Waals surface area contributed by atoms with E-state index in [0.717, 1.165) is 27.5 Å². The minimum Gasteiger partial charge on any atom is -0.497 e. The summed E-state index contributed by atoms with van der Waals surface area (Å²) in [4.78, 5) is 27.3. The molecule has 0 unspecified atom stereocenters. The van der Waals surface area contributed by atoms with Crippen LogP contribution in [0.2, 0.25) is 5.15 Å². The van der Waals surface area contributed by atoms with Gasteiger partial charge in [-0.2, -0.15) is 0 Å². The van der Waals surface area contributed by atoms with Gasteiger partial charge in [0.2, 0.25) is 0 Å². The van der Waals surface area contributed by atoms with E-state index in [1.807, 2.05) is 55.3 Å². The van der Waals surface area contributed by atoms with Crippen molar-refractivity contribution in [2.45, 2.75) is 24.5 Å². The third-order valence-corrected chi connectivity index (χ3v) is 6.46. The number of aryl methyl sites for hydroxylation is 1. The van der Waals surface area contributed by atoms with E-state index in [2.05, 4.69) is 9.97 Å². The summed E-state index contributed by atoms with van der Waals surface area (Å²) >= 11 is 7.91. The molecule has 1 aliphatic rings. The smallest absolute Gasteiger partial charge is 0.261 e. The van der Waals surface area contributed by atoms with Crippen LogP contribution in [0.15, 0.2) is 47.5 Å². The number of carbonyl (C=O) groups excluding carboxylic acids is 1. The summed E-state index contributed by atoms with van der Waals surface area (Å²) in [6, 6.07) is 11.6.